The third-order valence-corrected chi connectivity index (χ3v) is 5.34. The molecule has 0 radical (unpaired) electrons. The van der Waals surface area contributed by atoms with Gasteiger partial charge in [-0.05, 0) is 43.4 Å². The van der Waals surface area contributed by atoms with Crippen molar-refractivity contribution in [1.82, 2.24) is 5.32 Å². The summed E-state index contributed by atoms with van der Waals surface area (Å²) >= 11 is 0. The zero-order valence-corrected chi connectivity index (χ0v) is 13.2. The number of nitrogens with one attached hydrogen (secondary N) is 1. The zero-order chi connectivity index (χ0) is 14.5. The van der Waals surface area contributed by atoms with Gasteiger partial charge in [0.2, 0.25) is 5.91 Å². The van der Waals surface area contributed by atoms with Crippen LogP contribution in [0.15, 0.2) is 0 Å². The van der Waals surface area contributed by atoms with Gasteiger partial charge in [-0.2, -0.15) is 0 Å². The SMILES string of the molecule is CC1CCC(CCNC(=O)C2CC(C)CC(N)C2)CC1. The van der Waals surface area contributed by atoms with Crippen LogP contribution in [-0.2, 0) is 4.79 Å². The molecule has 0 saturated heterocycles. The van der Waals surface area contributed by atoms with Gasteiger partial charge in [0, 0.05) is 18.5 Å². The predicted octanol–water partition coefficient (Wildman–Crippen LogP) is 3.08. The van der Waals surface area contributed by atoms with E-state index in [0.717, 1.165) is 44.1 Å². The average molecular weight is 280 g/mol. The van der Waals surface area contributed by atoms with E-state index in [4.69, 9.17) is 5.73 Å². The maximum atomic E-state index is 12.2. The van der Waals surface area contributed by atoms with Crippen LogP contribution in [0.3, 0.4) is 0 Å². The highest BCUT2D eigenvalue weighted by Crippen LogP contribution is 2.30. The molecule has 3 heteroatoms. The lowest BCUT2D eigenvalue weighted by atomic mass is 9.79. The molecule has 2 aliphatic rings. The fourth-order valence-electron chi connectivity index (χ4n) is 4.03. The van der Waals surface area contributed by atoms with E-state index >= 15 is 0 Å². The maximum absolute atomic E-state index is 12.2. The van der Waals surface area contributed by atoms with Gasteiger partial charge in [0.05, 0.1) is 0 Å². The molecule has 0 aliphatic heterocycles. The van der Waals surface area contributed by atoms with Gasteiger partial charge in [-0.3, -0.25) is 4.79 Å². The standard InChI is InChI=1S/C17H32N2O/c1-12-3-5-14(6-4-12)7-8-19-17(20)15-9-13(2)10-16(18)11-15/h12-16H,3-11,18H2,1-2H3,(H,19,20). The summed E-state index contributed by atoms with van der Waals surface area (Å²) in [5.74, 6) is 2.73. The minimum Gasteiger partial charge on any atom is -0.356 e. The van der Waals surface area contributed by atoms with Crippen molar-refractivity contribution in [1.29, 1.82) is 0 Å². The zero-order valence-electron chi connectivity index (χ0n) is 13.2. The van der Waals surface area contributed by atoms with Gasteiger partial charge < -0.3 is 11.1 Å². The van der Waals surface area contributed by atoms with Crippen LogP contribution in [0.4, 0.5) is 0 Å². The molecule has 116 valence electrons. The Bertz CT molecular complexity index is 300. The van der Waals surface area contributed by atoms with Gasteiger partial charge in [-0.1, -0.05) is 39.5 Å². The number of amides is 1. The molecule has 0 heterocycles. The molecule has 1 amide bonds. The van der Waals surface area contributed by atoms with E-state index in [1.54, 1.807) is 0 Å². The number of carbonyl (C=O) groups is 1. The number of carbonyl (C=O) groups excluding carboxylic acids is 1. The van der Waals surface area contributed by atoms with Gasteiger partial charge in [0.1, 0.15) is 0 Å². The molecule has 3 N–H and O–H groups in total. The smallest absolute Gasteiger partial charge is 0.223 e. The first kappa shape index (κ1) is 15.8. The summed E-state index contributed by atoms with van der Waals surface area (Å²) in [6.07, 6.45) is 9.56. The van der Waals surface area contributed by atoms with Gasteiger partial charge in [0.25, 0.3) is 0 Å². The largest absolute Gasteiger partial charge is 0.356 e. The van der Waals surface area contributed by atoms with E-state index in [1.165, 1.54) is 25.7 Å². The van der Waals surface area contributed by atoms with Gasteiger partial charge in [-0.25, -0.2) is 0 Å². The van der Waals surface area contributed by atoms with Crippen LogP contribution < -0.4 is 11.1 Å². The van der Waals surface area contributed by atoms with E-state index in [0.29, 0.717) is 5.92 Å². The Hall–Kier alpha value is -0.570. The molecule has 0 aromatic rings. The van der Waals surface area contributed by atoms with E-state index in [9.17, 15) is 4.79 Å². The molecule has 3 atom stereocenters. The van der Waals surface area contributed by atoms with Crippen LogP contribution in [0.2, 0.25) is 0 Å². The van der Waals surface area contributed by atoms with Crippen LogP contribution in [0.25, 0.3) is 0 Å². The number of hydrogen-bond donors (Lipinski definition) is 2. The minimum atomic E-state index is 0.153. The van der Waals surface area contributed by atoms with Crippen molar-refractivity contribution < 1.29 is 4.79 Å². The first-order valence-corrected chi connectivity index (χ1v) is 8.58. The Kier molecular flexibility index (Phi) is 5.88. The second kappa shape index (κ2) is 7.44. The molecular weight excluding hydrogens is 248 g/mol. The Labute approximate surface area is 124 Å². The van der Waals surface area contributed by atoms with Crippen LogP contribution in [0.1, 0.15) is 65.2 Å². The van der Waals surface area contributed by atoms with Crippen LogP contribution in [-0.4, -0.2) is 18.5 Å². The average Bonchev–Trinajstić information content (AvgIpc) is 2.40. The van der Waals surface area contributed by atoms with Crippen molar-refractivity contribution in [2.24, 2.45) is 29.4 Å². The quantitative estimate of drug-likeness (QED) is 0.831. The van der Waals surface area contributed by atoms with Gasteiger partial charge in [0.15, 0.2) is 0 Å². The molecular formula is C17H32N2O. The Morgan fingerprint density at radius 1 is 1.05 bits per heavy atom. The molecule has 20 heavy (non-hydrogen) atoms. The van der Waals surface area contributed by atoms with Crippen molar-refractivity contribution in [3.05, 3.63) is 0 Å². The molecule has 0 spiro atoms. The second-order valence-electron chi connectivity index (χ2n) is 7.47. The summed E-state index contributed by atoms with van der Waals surface area (Å²) in [6, 6.07) is 0.217. The van der Waals surface area contributed by atoms with Crippen molar-refractivity contribution in [3.63, 3.8) is 0 Å². The lowest BCUT2D eigenvalue weighted by Gasteiger charge is -2.31. The second-order valence-corrected chi connectivity index (χ2v) is 7.47. The van der Waals surface area contributed by atoms with Crippen LogP contribution in [0, 0.1) is 23.7 Å². The minimum absolute atomic E-state index is 0.153. The molecule has 2 rings (SSSR count). The summed E-state index contributed by atoms with van der Waals surface area (Å²) in [5.41, 5.74) is 6.03. The van der Waals surface area contributed by atoms with E-state index < -0.39 is 0 Å². The van der Waals surface area contributed by atoms with Crippen LogP contribution in [0.5, 0.6) is 0 Å². The summed E-state index contributed by atoms with van der Waals surface area (Å²) in [7, 11) is 0. The highest BCUT2D eigenvalue weighted by molar-refractivity contribution is 5.78. The van der Waals surface area contributed by atoms with Crippen molar-refractivity contribution >= 4 is 5.91 Å². The fraction of sp³-hybridized carbons (Fsp3) is 0.941. The number of rotatable bonds is 4. The summed E-state index contributed by atoms with van der Waals surface area (Å²) in [5, 5.41) is 3.16. The Morgan fingerprint density at radius 3 is 2.40 bits per heavy atom. The number of hydrogen-bond acceptors (Lipinski definition) is 2. The Balaban J connectivity index is 1.64. The highest BCUT2D eigenvalue weighted by Gasteiger charge is 2.29. The van der Waals surface area contributed by atoms with Gasteiger partial charge >= 0.3 is 0 Å². The molecule has 0 aromatic carbocycles. The first-order valence-electron chi connectivity index (χ1n) is 8.58. The third-order valence-electron chi connectivity index (χ3n) is 5.34. The molecule has 3 nitrogen and oxygen atoms in total. The molecule has 0 bridgehead atoms. The van der Waals surface area contributed by atoms with E-state index in [-0.39, 0.29) is 17.9 Å². The van der Waals surface area contributed by atoms with Crippen molar-refractivity contribution in [3.8, 4) is 0 Å². The number of nitrogens with two attached hydrogens (primary N) is 1. The predicted molar refractivity (Wildman–Crippen MR) is 83.2 cm³/mol. The summed E-state index contributed by atoms with van der Waals surface area (Å²) in [6.45, 7) is 5.42. The Morgan fingerprint density at radius 2 is 1.75 bits per heavy atom. The van der Waals surface area contributed by atoms with E-state index in [2.05, 4.69) is 19.2 Å². The normalized spacial score (nSPS) is 38.5. The summed E-state index contributed by atoms with van der Waals surface area (Å²) < 4.78 is 0. The molecule has 2 saturated carbocycles. The maximum Gasteiger partial charge on any atom is 0.223 e. The molecule has 2 fully saturated rings. The highest BCUT2D eigenvalue weighted by atomic mass is 16.1. The fourth-order valence-corrected chi connectivity index (χ4v) is 4.03. The summed E-state index contributed by atoms with van der Waals surface area (Å²) in [4.78, 5) is 12.2. The molecule has 3 unspecified atom stereocenters. The lowest BCUT2D eigenvalue weighted by molar-refractivity contribution is -0.126. The van der Waals surface area contributed by atoms with Crippen LogP contribution >= 0.6 is 0 Å². The van der Waals surface area contributed by atoms with Crippen molar-refractivity contribution in [2.75, 3.05) is 6.54 Å². The van der Waals surface area contributed by atoms with E-state index in [1.807, 2.05) is 0 Å². The van der Waals surface area contributed by atoms with Crippen molar-refractivity contribution in [2.45, 2.75) is 71.3 Å². The lowest BCUT2D eigenvalue weighted by Crippen LogP contribution is -2.40. The monoisotopic (exact) mass is 280 g/mol. The third kappa shape index (κ3) is 4.76. The first-order chi connectivity index (χ1) is 9.54. The molecule has 0 aromatic heterocycles. The van der Waals surface area contributed by atoms with Gasteiger partial charge in [-0.15, -0.1) is 0 Å². The topological polar surface area (TPSA) is 55.1 Å². The molecule has 2 aliphatic carbocycles.